The van der Waals surface area contributed by atoms with E-state index in [1.54, 1.807) is 13.1 Å². The van der Waals surface area contributed by atoms with Crippen molar-refractivity contribution in [1.29, 1.82) is 0 Å². The van der Waals surface area contributed by atoms with Gasteiger partial charge in [-0.05, 0) is 18.9 Å². The van der Waals surface area contributed by atoms with Crippen LogP contribution in [0.25, 0.3) is 0 Å². The molecule has 1 rings (SSSR count). The lowest BCUT2D eigenvalue weighted by Gasteiger charge is -2.23. The molecule has 15 heavy (non-hydrogen) atoms. The summed E-state index contributed by atoms with van der Waals surface area (Å²) in [7, 11) is 2.01. The highest BCUT2D eigenvalue weighted by Gasteiger charge is 2.12. The Kier molecular flexibility index (Phi) is 4.09. The molecule has 84 valence electrons. The lowest BCUT2D eigenvalue weighted by molar-refractivity contribution is 0.199. The van der Waals surface area contributed by atoms with E-state index in [4.69, 9.17) is 0 Å². The molecule has 0 aromatic carbocycles. The number of pyridine rings is 1. The van der Waals surface area contributed by atoms with Gasteiger partial charge in [-0.25, -0.2) is 4.98 Å². The minimum Gasteiger partial charge on any atom is -0.389 e. The zero-order valence-electron chi connectivity index (χ0n) is 9.94. The Labute approximate surface area is 91.8 Å². The highest BCUT2D eigenvalue weighted by molar-refractivity contribution is 5.46. The zero-order valence-corrected chi connectivity index (χ0v) is 9.94. The van der Waals surface area contributed by atoms with E-state index in [9.17, 15) is 5.11 Å². The molecule has 1 aromatic rings. The minimum atomic E-state index is -0.469. The van der Waals surface area contributed by atoms with Crippen LogP contribution >= 0.6 is 0 Å². The number of rotatable bonds is 4. The second kappa shape index (κ2) is 5.12. The quantitative estimate of drug-likeness (QED) is 0.824. The van der Waals surface area contributed by atoms with Crippen molar-refractivity contribution < 1.29 is 5.11 Å². The summed E-state index contributed by atoms with van der Waals surface area (Å²) in [6, 6.07) is 3.78. The van der Waals surface area contributed by atoms with Crippen molar-refractivity contribution in [2.45, 2.75) is 26.9 Å². The third-order valence-corrected chi connectivity index (χ3v) is 2.27. The largest absolute Gasteiger partial charge is 0.389 e. The first-order chi connectivity index (χ1) is 7.02. The Balaban J connectivity index is 2.92. The van der Waals surface area contributed by atoms with Crippen LogP contribution in [0.1, 0.15) is 32.4 Å². The molecule has 0 spiro atoms. The Hall–Kier alpha value is -1.09. The Bertz CT molecular complexity index is 310. The fraction of sp³-hybridized carbons (Fsp3) is 0.583. The van der Waals surface area contributed by atoms with E-state index in [2.05, 4.69) is 23.7 Å². The SMILES string of the molecule is CC(C)CN(C)c1ncccc1[C@H](C)O. The third kappa shape index (κ3) is 3.20. The van der Waals surface area contributed by atoms with Crippen molar-refractivity contribution in [3.63, 3.8) is 0 Å². The molecule has 0 saturated carbocycles. The molecule has 3 nitrogen and oxygen atoms in total. The summed E-state index contributed by atoms with van der Waals surface area (Å²) < 4.78 is 0. The predicted molar refractivity (Wildman–Crippen MR) is 63.0 cm³/mol. The van der Waals surface area contributed by atoms with E-state index in [1.807, 2.05) is 19.2 Å². The molecule has 1 N–H and O–H groups in total. The van der Waals surface area contributed by atoms with Gasteiger partial charge in [0.2, 0.25) is 0 Å². The molecule has 0 fully saturated rings. The van der Waals surface area contributed by atoms with Gasteiger partial charge in [-0.15, -0.1) is 0 Å². The number of nitrogens with zero attached hydrogens (tertiary/aromatic N) is 2. The van der Waals surface area contributed by atoms with Gasteiger partial charge in [0.25, 0.3) is 0 Å². The number of aromatic nitrogens is 1. The standard InChI is InChI=1S/C12H20N2O/c1-9(2)8-14(4)12-11(10(3)15)6-5-7-13-12/h5-7,9-10,15H,8H2,1-4H3/t10-/m0/s1. The van der Waals surface area contributed by atoms with Gasteiger partial charge in [0.15, 0.2) is 0 Å². The summed E-state index contributed by atoms with van der Waals surface area (Å²) in [6.45, 7) is 7.05. The van der Waals surface area contributed by atoms with E-state index in [-0.39, 0.29) is 0 Å². The van der Waals surface area contributed by atoms with Crippen LogP contribution in [0.2, 0.25) is 0 Å². The van der Waals surface area contributed by atoms with Gasteiger partial charge >= 0.3 is 0 Å². The zero-order chi connectivity index (χ0) is 11.4. The molecule has 0 bridgehead atoms. The molecule has 0 aliphatic carbocycles. The van der Waals surface area contributed by atoms with Crippen LogP contribution in [-0.4, -0.2) is 23.7 Å². The first-order valence-electron chi connectivity index (χ1n) is 5.36. The van der Waals surface area contributed by atoms with Crippen LogP contribution in [0.3, 0.4) is 0 Å². The number of hydrogen-bond acceptors (Lipinski definition) is 3. The fourth-order valence-electron chi connectivity index (χ4n) is 1.69. The molecule has 0 saturated heterocycles. The fourth-order valence-corrected chi connectivity index (χ4v) is 1.69. The predicted octanol–water partition coefficient (Wildman–Crippen LogP) is 2.23. The van der Waals surface area contributed by atoms with E-state index >= 15 is 0 Å². The number of hydrogen-bond donors (Lipinski definition) is 1. The van der Waals surface area contributed by atoms with Crippen LogP contribution in [0.15, 0.2) is 18.3 Å². The second-order valence-electron chi connectivity index (χ2n) is 4.37. The molecule has 0 aliphatic heterocycles. The maximum absolute atomic E-state index is 9.62. The van der Waals surface area contributed by atoms with Crippen LogP contribution in [0, 0.1) is 5.92 Å². The molecule has 1 aromatic heterocycles. The van der Waals surface area contributed by atoms with Crippen LogP contribution in [0.4, 0.5) is 5.82 Å². The minimum absolute atomic E-state index is 0.469. The Morgan fingerprint density at radius 3 is 2.60 bits per heavy atom. The lowest BCUT2D eigenvalue weighted by Crippen LogP contribution is -2.25. The van der Waals surface area contributed by atoms with Crippen molar-refractivity contribution >= 4 is 5.82 Å². The van der Waals surface area contributed by atoms with Crippen molar-refractivity contribution in [2.24, 2.45) is 5.92 Å². The smallest absolute Gasteiger partial charge is 0.134 e. The molecular formula is C12H20N2O. The first kappa shape index (κ1) is 12.0. The van der Waals surface area contributed by atoms with Crippen molar-refractivity contribution in [2.75, 3.05) is 18.5 Å². The highest BCUT2D eigenvalue weighted by atomic mass is 16.3. The normalized spacial score (nSPS) is 12.9. The average molecular weight is 208 g/mol. The first-order valence-corrected chi connectivity index (χ1v) is 5.36. The maximum atomic E-state index is 9.62. The summed E-state index contributed by atoms with van der Waals surface area (Å²) in [5.74, 6) is 1.46. The summed E-state index contributed by atoms with van der Waals surface area (Å²) in [5.41, 5.74) is 0.889. The molecule has 0 aliphatic rings. The Morgan fingerprint density at radius 2 is 2.07 bits per heavy atom. The van der Waals surface area contributed by atoms with Gasteiger partial charge in [0, 0.05) is 25.4 Å². The summed E-state index contributed by atoms with van der Waals surface area (Å²) in [5, 5.41) is 9.62. The van der Waals surface area contributed by atoms with Gasteiger partial charge in [0.1, 0.15) is 5.82 Å². The number of anilines is 1. The van der Waals surface area contributed by atoms with Crippen LogP contribution < -0.4 is 4.90 Å². The molecule has 0 unspecified atom stereocenters. The topological polar surface area (TPSA) is 36.4 Å². The van der Waals surface area contributed by atoms with Gasteiger partial charge in [0.05, 0.1) is 6.10 Å². The average Bonchev–Trinajstić information content (AvgIpc) is 2.16. The molecule has 1 atom stereocenters. The molecule has 0 amide bonds. The summed E-state index contributed by atoms with van der Waals surface area (Å²) >= 11 is 0. The monoisotopic (exact) mass is 208 g/mol. The number of aliphatic hydroxyl groups is 1. The van der Waals surface area contributed by atoms with Gasteiger partial charge in [-0.3, -0.25) is 0 Å². The van der Waals surface area contributed by atoms with E-state index in [1.165, 1.54) is 0 Å². The maximum Gasteiger partial charge on any atom is 0.134 e. The summed E-state index contributed by atoms with van der Waals surface area (Å²) in [6.07, 6.45) is 1.29. The van der Waals surface area contributed by atoms with Gasteiger partial charge < -0.3 is 10.0 Å². The van der Waals surface area contributed by atoms with Crippen molar-refractivity contribution in [1.82, 2.24) is 4.98 Å². The molecular weight excluding hydrogens is 188 g/mol. The lowest BCUT2D eigenvalue weighted by atomic mass is 10.1. The Morgan fingerprint density at radius 1 is 1.40 bits per heavy atom. The number of aliphatic hydroxyl groups excluding tert-OH is 1. The van der Waals surface area contributed by atoms with Gasteiger partial charge in [-0.1, -0.05) is 19.9 Å². The van der Waals surface area contributed by atoms with E-state index in [0.29, 0.717) is 5.92 Å². The summed E-state index contributed by atoms with van der Waals surface area (Å²) in [4.78, 5) is 6.41. The van der Waals surface area contributed by atoms with E-state index < -0.39 is 6.10 Å². The molecule has 0 radical (unpaired) electrons. The van der Waals surface area contributed by atoms with Crippen molar-refractivity contribution in [3.05, 3.63) is 23.9 Å². The van der Waals surface area contributed by atoms with E-state index in [0.717, 1.165) is 17.9 Å². The molecule has 1 heterocycles. The highest BCUT2D eigenvalue weighted by Crippen LogP contribution is 2.22. The van der Waals surface area contributed by atoms with Gasteiger partial charge in [-0.2, -0.15) is 0 Å². The third-order valence-electron chi connectivity index (χ3n) is 2.27. The second-order valence-corrected chi connectivity index (χ2v) is 4.37. The van der Waals surface area contributed by atoms with Crippen molar-refractivity contribution in [3.8, 4) is 0 Å². The molecule has 3 heteroatoms. The van der Waals surface area contributed by atoms with Crippen LogP contribution in [-0.2, 0) is 0 Å². The van der Waals surface area contributed by atoms with Crippen LogP contribution in [0.5, 0.6) is 0 Å².